The van der Waals surface area contributed by atoms with E-state index in [9.17, 15) is 38.4 Å². The third-order valence-electron chi connectivity index (χ3n) is 21.1. The molecule has 136 heavy (non-hydrogen) atoms. The van der Waals surface area contributed by atoms with Crippen LogP contribution in [-0.2, 0) is 95.2 Å². The van der Waals surface area contributed by atoms with Gasteiger partial charge in [0.05, 0.1) is 159 Å². The summed E-state index contributed by atoms with van der Waals surface area (Å²) in [7, 11) is 0. The Bertz CT molecular complexity index is 4640. The van der Waals surface area contributed by atoms with E-state index in [0.29, 0.717) is 0 Å². The highest BCUT2D eigenvalue weighted by Gasteiger charge is 2.41. The molecule has 8 aromatic rings. The summed E-state index contributed by atoms with van der Waals surface area (Å²) in [6.07, 6.45) is 0. The van der Waals surface area contributed by atoms with Gasteiger partial charge in [0.2, 0.25) is 0 Å². The molecule has 1 aliphatic carbocycles. The summed E-state index contributed by atoms with van der Waals surface area (Å²) in [6.45, 7) is 13.3. The second-order valence-electron chi connectivity index (χ2n) is 31.2. The quantitative estimate of drug-likeness (QED) is 0.0809. The van der Waals surface area contributed by atoms with Crippen molar-refractivity contribution in [1.29, 1.82) is 0 Å². The minimum absolute atomic E-state index is 0.000549. The van der Waals surface area contributed by atoms with E-state index in [4.69, 9.17) is 133 Å². The van der Waals surface area contributed by atoms with Crippen molar-refractivity contribution in [1.82, 2.24) is 0 Å². The summed E-state index contributed by atoms with van der Waals surface area (Å²) in [6, 6.07) is 31.5. The smallest absolute Gasteiger partial charge is 0.308 e. The molecular weight excluding hydrogens is 1780 g/mol. The first-order valence-electron chi connectivity index (χ1n) is 44.8. The number of hydrogen-bond acceptors (Lipinski definition) is 36. The Hall–Kier alpha value is -12.6. The van der Waals surface area contributed by atoms with Gasteiger partial charge in [-0.25, -0.2) is 0 Å². The normalized spacial score (nSPS) is 18.6. The fourth-order valence-corrected chi connectivity index (χ4v) is 15.8. The predicted octanol–water partition coefficient (Wildman–Crippen LogP) is 11.4. The molecular formula is C100H112O36. The van der Waals surface area contributed by atoms with E-state index < -0.39 is 71.4 Å². The molecule has 728 valence electrons. The van der Waals surface area contributed by atoms with Crippen molar-refractivity contribution in [3.8, 4) is 92.0 Å². The lowest BCUT2D eigenvalue weighted by Gasteiger charge is -2.32. The maximum atomic E-state index is 14.6. The second kappa shape index (κ2) is 51.4. The van der Waals surface area contributed by atoms with Crippen molar-refractivity contribution in [3.63, 3.8) is 0 Å². The van der Waals surface area contributed by atoms with E-state index in [0.717, 1.165) is 55.4 Å². The maximum Gasteiger partial charge on any atom is 0.308 e. The van der Waals surface area contributed by atoms with Gasteiger partial charge in [-0.05, 0) is 95.1 Å². The average molecular weight is 1890 g/mol. The van der Waals surface area contributed by atoms with Gasteiger partial charge in [0, 0.05) is 148 Å². The molecule has 0 atom stereocenters. The lowest BCUT2D eigenvalue weighted by atomic mass is 9.75. The van der Waals surface area contributed by atoms with Crippen LogP contribution in [-0.4, -0.2) is 259 Å². The molecule has 4 heterocycles. The molecule has 0 aromatic heterocycles. The molecule has 0 saturated heterocycles. The number of carbonyl (C=O) groups excluding carboxylic acids is 8. The zero-order valence-corrected chi connectivity index (χ0v) is 77.2. The van der Waals surface area contributed by atoms with E-state index in [1.807, 2.05) is 0 Å². The first-order chi connectivity index (χ1) is 66.1. The summed E-state index contributed by atoms with van der Waals surface area (Å²) in [4.78, 5) is 116. The first kappa shape index (κ1) is 101. The van der Waals surface area contributed by atoms with Gasteiger partial charge in [0.1, 0.15) is 98.9 Å². The topological polar surface area (TPSA) is 395 Å². The number of carbonyl (C=O) groups is 8. The summed E-state index contributed by atoms with van der Waals surface area (Å²) in [5.41, 5.74) is 0.903. The van der Waals surface area contributed by atoms with Crippen molar-refractivity contribution in [2.45, 2.75) is 79.1 Å². The maximum absolute atomic E-state index is 14.6. The third kappa shape index (κ3) is 28.8. The Balaban J connectivity index is 1.27. The minimum atomic E-state index is -1.56. The van der Waals surface area contributed by atoms with Gasteiger partial charge in [-0.15, -0.1) is 0 Å². The standard InChI is InChI=1S/C100H112O36/c1-61(101)129-85-57-86(130-62(2)102)74-53-73(85)97(69-9-13-81-93(49-69)125-45-37-117-29-21-109-17-25-113-33-41-121-81)75-54-76(88(132-64(4)104)58-87(75)131-63(3)103)99(71-11-15-83-95(51-71)127-47-39-119-31-23-111-19-27-115-35-43-123-83)79-56-80(92(136-68(8)108)60-91(79)135-67(7)107)100(72-12-16-84-96(52-72)128-48-40-120-32-24-112-20-28-116-36-44-124-84)78-55-77(89(133-65(5)105)59-90(78)134-66(6)106)98(74)70-10-14-82-94(50-70)126-46-38-118-30-22-110-18-26-114-34-42-122-82/h9-16,49-60,97-100H,17-48H2,1-8H3. The van der Waals surface area contributed by atoms with Crippen molar-refractivity contribution in [3.05, 3.63) is 188 Å². The van der Waals surface area contributed by atoms with Crippen molar-refractivity contribution >= 4 is 47.8 Å². The molecule has 0 amide bonds. The van der Waals surface area contributed by atoms with Crippen LogP contribution in [0.2, 0.25) is 0 Å². The number of hydrogen-bond donors (Lipinski definition) is 0. The average Bonchev–Trinajstić information content (AvgIpc) is 0.725. The molecule has 13 rings (SSSR count). The molecule has 8 aromatic carbocycles. The second-order valence-corrected chi connectivity index (χ2v) is 31.2. The summed E-state index contributed by atoms with van der Waals surface area (Å²) >= 11 is 0. The minimum Gasteiger partial charge on any atom is -0.487 e. The van der Waals surface area contributed by atoms with Crippen LogP contribution >= 0.6 is 0 Å². The summed E-state index contributed by atoms with van der Waals surface area (Å²) < 4.78 is 176. The van der Waals surface area contributed by atoms with Crippen LogP contribution in [0.1, 0.15) is 146 Å². The van der Waals surface area contributed by atoms with E-state index >= 15 is 0 Å². The van der Waals surface area contributed by atoms with E-state index in [1.165, 1.54) is 24.3 Å². The largest absolute Gasteiger partial charge is 0.487 e. The summed E-state index contributed by atoms with van der Waals surface area (Å²) in [5, 5.41) is 0. The van der Waals surface area contributed by atoms with Crippen LogP contribution in [0.25, 0.3) is 0 Å². The first-order valence-corrected chi connectivity index (χ1v) is 44.8. The van der Waals surface area contributed by atoms with Crippen LogP contribution in [0.15, 0.2) is 121 Å². The lowest BCUT2D eigenvalue weighted by Crippen LogP contribution is -2.20. The molecule has 0 fully saturated rings. The molecule has 0 saturated carbocycles. The van der Waals surface area contributed by atoms with Gasteiger partial charge < -0.3 is 133 Å². The molecule has 8 bridgehead atoms. The molecule has 36 nitrogen and oxygen atoms in total. The number of fused-ring (bicyclic) bond motifs is 12. The van der Waals surface area contributed by atoms with Crippen LogP contribution < -0.4 is 75.8 Å². The molecule has 5 aliphatic rings. The molecule has 0 spiro atoms. The van der Waals surface area contributed by atoms with Crippen molar-refractivity contribution in [2.75, 3.05) is 211 Å². The van der Waals surface area contributed by atoms with Gasteiger partial charge in [0.15, 0.2) is 46.0 Å². The zero-order valence-electron chi connectivity index (χ0n) is 77.2. The fraction of sp³-hybridized carbons (Fsp3) is 0.440. The number of benzene rings is 8. The Morgan fingerprint density at radius 1 is 0.169 bits per heavy atom. The van der Waals surface area contributed by atoms with E-state index in [-0.39, 0.29) is 370 Å². The monoisotopic (exact) mass is 1890 g/mol. The molecule has 0 radical (unpaired) electrons. The highest BCUT2D eigenvalue weighted by Crippen LogP contribution is 2.57. The number of ether oxygens (including phenoxy) is 28. The van der Waals surface area contributed by atoms with Crippen LogP contribution in [0.4, 0.5) is 0 Å². The highest BCUT2D eigenvalue weighted by atomic mass is 16.6. The SMILES string of the molecule is CC(=O)Oc1cc(OC(C)=O)c2cc1C(c1ccc3c(c1)OCCOCCOCCOCCO3)c1cc(c(OC(C)=O)cc1OC(C)=O)C(c1ccc3c(c1)OCCOCCOCCOCCO3)c1cc(c(OC(C)=O)cc1OC(C)=O)C(c1ccc3c(c1)OCCOCCOCCOCCO3)c1cc(c(OC(C)=O)cc1OC(C)=O)C2c1ccc2c(c1)OCCOCCOCCOCCO2. The Morgan fingerprint density at radius 2 is 0.294 bits per heavy atom. The zero-order chi connectivity index (χ0) is 95.7. The molecule has 4 aliphatic heterocycles. The lowest BCUT2D eigenvalue weighted by molar-refractivity contribution is -0.133. The van der Waals surface area contributed by atoms with Crippen LogP contribution in [0.3, 0.4) is 0 Å². The Morgan fingerprint density at radius 3 is 0.426 bits per heavy atom. The van der Waals surface area contributed by atoms with Crippen LogP contribution in [0.5, 0.6) is 92.0 Å². The van der Waals surface area contributed by atoms with E-state index in [1.54, 1.807) is 97.1 Å². The van der Waals surface area contributed by atoms with Gasteiger partial charge in [-0.1, -0.05) is 24.3 Å². The number of esters is 8. The fourth-order valence-electron chi connectivity index (χ4n) is 15.8. The van der Waals surface area contributed by atoms with Gasteiger partial charge in [0.25, 0.3) is 0 Å². The summed E-state index contributed by atoms with van der Waals surface area (Å²) in [5.74, 6) is -14.6. The molecule has 36 heteroatoms. The van der Waals surface area contributed by atoms with Gasteiger partial charge in [-0.3, -0.25) is 38.4 Å². The third-order valence-corrected chi connectivity index (χ3v) is 21.1. The highest BCUT2D eigenvalue weighted by molar-refractivity contribution is 5.81. The van der Waals surface area contributed by atoms with Gasteiger partial charge in [-0.2, -0.15) is 0 Å². The van der Waals surface area contributed by atoms with E-state index in [2.05, 4.69) is 0 Å². The Labute approximate surface area is 785 Å². The molecule has 0 N–H and O–H groups in total. The van der Waals surface area contributed by atoms with Gasteiger partial charge >= 0.3 is 47.8 Å². The number of rotatable bonds is 12. The van der Waals surface area contributed by atoms with Crippen molar-refractivity contribution in [2.24, 2.45) is 0 Å². The van der Waals surface area contributed by atoms with Crippen LogP contribution in [0, 0.1) is 0 Å². The Kier molecular flexibility index (Phi) is 38.1. The molecule has 0 unspecified atom stereocenters. The predicted molar refractivity (Wildman–Crippen MR) is 480 cm³/mol. The van der Waals surface area contributed by atoms with Crippen molar-refractivity contribution < 1.29 is 171 Å².